The van der Waals surface area contributed by atoms with E-state index < -0.39 is 35.2 Å². The second-order valence-corrected chi connectivity index (χ2v) is 8.63. The fraction of sp³-hybridized carbons (Fsp3) is 0.417. The third-order valence-electron chi connectivity index (χ3n) is 5.34. The van der Waals surface area contributed by atoms with Gasteiger partial charge in [-0.1, -0.05) is 26.0 Å². The lowest BCUT2D eigenvalue weighted by atomic mass is 9.92. The van der Waals surface area contributed by atoms with Crippen molar-refractivity contribution in [2.75, 3.05) is 32.1 Å². The van der Waals surface area contributed by atoms with E-state index in [0.717, 1.165) is 0 Å². The van der Waals surface area contributed by atoms with Crippen LogP contribution in [0, 0.1) is 18.6 Å². The molecule has 0 spiro atoms. The second-order valence-electron chi connectivity index (χ2n) is 8.01. The lowest BCUT2D eigenvalue weighted by Gasteiger charge is -2.47. The summed E-state index contributed by atoms with van der Waals surface area (Å²) in [6.07, 6.45) is 0. The third-order valence-corrected chi connectivity index (χ3v) is 5.78. The van der Waals surface area contributed by atoms with Crippen molar-refractivity contribution in [2.45, 2.75) is 39.3 Å². The number of benzene rings is 2. The predicted octanol–water partition coefficient (Wildman–Crippen LogP) is 2.88. The Balaban J connectivity index is 0.00000199. The van der Waals surface area contributed by atoms with Crippen LogP contribution in [0.4, 0.5) is 20.2 Å². The molecule has 3 rings (SSSR count). The first-order valence-electron chi connectivity index (χ1n) is 11.0. The number of amides is 1. The lowest BCUT2D eigenvalue weighted by Crippen LogP contribution is -2.68. The molecule has 0 radical (unpaired) electrons. The number of carbonyl (C=O) groups excluding carboxylic acids is 2. The minimum absolute atomic E-state index is 0.00466. The summed E-state index contributed by atoms with van der Waals surface area (Å²) >= 11 is 0. The molecule has 3 N–H and O–H groups in total. The molecule has 0 saturated carbocycles. The number of hydrogen-bond acceptors (Lipinski definition) is 6. The molecule has 2 atom stereocenters. The zero-order chi connectivity index (χ0) is 25.6. The number of rotatable bonds is 7. The monoisotopic (exact) mass is 495 g/mol. The van der Waals surface area contributed by atoms with Gasteiger partial charge in [0.2, 0.25) is 0 Å². The van der Waals surface area contributed by atoms with Gasteiger partial charge in [-0.3, -0.25) is 9.59 Å². The molecule has 1 amide bonds. The van der Waals surface area contributed by atoms with Gasteiger partial charge in [-0.05, 0) is 37.6 Å². The first-order valence-corrected chi connectivity index (χ1v) is 11.6. The molecule has 0 bridgehead atoms. The van der Waals surface area contributed by atoms with Gasteiger partial charge in [-0.2, -0.15) is 0 Å². The van der Waals surface area contributed by atoms with Gasteiger partial charge in [0, 0.05) is 11.8 Å². The van der Waals surface area contributed by atoms with E-state index in [0.29, 0.717) is 5.56 Å². The van der Waals surface area contributed by atoms with E-state index in [4.69, 9.17) is 0 Å². The molecule has 10 heteroatoms. The van der Waals surface area contributed by atoms with E-state index in [2.05, 4.69) is 24.6 Å². The number of carbonyl (C=O) groups is 2. The average Bonchev–Trinajstić information content (AvgIpc) is 2.80. The maximum Gasteiger partial charge on any atom is 0.322 e. The topological polar surface area (TPSA) is 90.9 Å². The van der Waals surface area contributed by atoms with E-state index >= 15 is 0 Å². The molecular weight excluding hydrogens is 463 g/mol. The molecule has 1 aliphatic rings. The molecule has 186 valence electrons. The van der Waals surface area contributed by atoms with Crippen LogP contribution in [-0.2, 0) is 9.53 Å². The van der Waals surface area contributed by atoms with Crippen LogP contribution in [0.3, 0.4) is 0 Å². The Morgan fingerprint density at radius 1 is 1.24 bits per heavy atom. The number of likely N-dealkylation sites (tertiary alicyclic amines) is 1. The Morgan fingerprint density at radius 2 is 1.88 bits per heavy atom. The summed E-state index contributed by atoms with van der Waals surface area (Å²) in [4.78, 5) is 25.9. The number of methoxy groups -OCH3 is 1. The molecule has 7 nitrogen and oxygen atoms in total. The molecule has 1 saturated heterocycles. The minimum Gasteiger partial charge on any atom is -0.468 e. The van der Waals surface area contributed by atoms with Gasteiger partial charge in [0.1, 0.15) is 17.5 Å². The first kappa shape index (κ1) is 27.6. The molecule has 1 aliphatic heterocycles. The van der Waals surface area contributed by atoms with Crippen molar-refractivity contribution in [3.8, 4) is 0 Å². The zero-order valence-corrected chi connectivity index (χ0v) is 21.2. The highest BCUT2D eigenvalue weighted by molar-refractivity contribution is 7.27. The lowest BCUT2D eigenvalue weighted by molar-refractivity contribution is -0.143. The smallest absolute Gasteiger partial charge is 0.322 e. The number of aliphatic hydroxyl groups is 1. The van der Waals surface area contributed by atoms with Crippen LogP contribution in [0.5, 0.6) is 0 Å². The third kappa shape index (κ3) is 6.29. The number of esters is 1. The number of hydrogen-bond donors (Lipinski definition) is 3. The van der Waals surface area contributed by atoms with E-state index in [1.54, 1.807) is 19.9 Å². The van der Waals surface area contributed by atoms with E-state index in [9.17, 15) is 23.5 Å². The normalized spacial score (nSPS) is 14.9. The maximum atomic E-state index is 14.9. The number of anilines is 2. The molecule has 2 aromatic rings. The molecule has 34 heavy (non-hydrogen) atoms. The van der Waals surface area contributed by atoms with Crippen LogP contribution in [0.25, 0.3) is 0 Å². The summed E-state index contributed by atoms with van der Waals surface area (Å²) in [5.74, 6) is -2.23. The van der Waals surface area contributed by atoms with Gasteiger partial charge in [0.25, 0.3) is 5.91 Å². The summed E-state index contributed by atoms with van der Waals surface area (Å²) in [5, 5.41) is 16.4. The molecule has 0 aromatic heterocycles. The van der Waals surface area contributed by atoms with Crippen molar-refractivity contribution < 1.29 is 28.2 Å². The fourth-order valence-electron chi connectivity index (χ4n) is 3.44. The summed E-state index contributed by atoms with van der Waals surface area (Å²) in [7, 11) is 3.51. The SMILES string of the molecule is CC.COC(=O)C(C)NCC1(O)CN(C(=O)c2ccc(P)c(F)c2Nc2ccc(C)cc2F)C1. The summed E-state index contributed by atoms with van der Waals surface area (Å²) in [5.41, 5.74) is -0.599. The Labute approximate surface area is 201 Å². The number of halogens is 2. The highest BCUT2D eigenvalue weighted by Gasteiger charge is 2.44. The summed E-state index contributed by atoms with van der Waals surface area (Å²) < 4.78 is 33.8. The Morgan fingerprint density at radius 3 is 2.47 bits per heavy atom. The molecule has 1 fully saturated rings. The van der Waals surface area contributed by atoms with Gasteiger partial charge in [-0.15, -0.1) is 9.24 Å². The number of nitrogens with one attached hydrogen (secondary N) is 2. The summed E-state index contributed by atoms with van der Waals surface area (Å²) in [6, 6.07) is 6.74. The first-order chi connectivity index (χ1) is 16.0. The van der Waals surface area contributed by atoms with Crippen molar-refractivity contribution in [2.24, 2.45) is 0 Å². The maximum absolute atomic E-state index is 14.9. The highest BCUT2D eigenvalue weighted by Crippen LogP contribution is 2.30. The van der Waals surface area contributed by atoms with Crippen LogP contribution in [-0.4, -0.2) is 60.3 Å². The van der Waals surface area contributed by atoms with Crippen molar-refractivity contribution in [3.63, 3.8) is 0 Å². The molecule has 2 unspecified atom stereocenters. The van der Waals surface area contributed by atoms with Crippen molar-refractivity contribution in [3.05, 3.63) is 53.1 Å². The fourth-order valence-corrected chi connectivity index (χ4v) is 3.68. The van der Waals surface area contributed by atoms with Gasteiger partial charge < -0.3 is 25.4 Å². The average molecular weight is 496 g/mol. The van der Waals surface area contributed by atoms with E-state index in [1.807, 2.05) is 13.8 Å². The number of nitrogens with zero attached hydrogens (tertiary/aromatic N) is 1. The van der Waals surface area contributed by atoms with Gasteiger partial charge in [0.05, 0.1) is 37.1 Å². The number of ether oxygens (including phenoxy) is 1. The van der Waals surface area contributed by atoms with Crippen LogP contribution in [0.1, 0.15) is 36.7 Å². The second kappa shape index (κ2) is 11.7. The van der Waals surface area contributed by atoms with Crippen LogP contribution >= 0.6 is 9.24 Å². The minimum atomic E-state index is -1.23. The van der Waals surface area contributed by atoms with Crippen LogP contribution in [0.15, 0.2) is 30.3 Å². The molecule has 2 aromatic carbocycles. The molecule has 0 aliphatic carbocycles. The van der Waals surface area contributed by atoms with E-state index in [1.165, 1.54) is 36.3 Å². The predicted molar refractivity (Wildman–Crippen MR) is 132 cm³/mol. The number of aryl methyl sites for hydroxylation is 1. The highest BCUT2D eigenvalue weighted by atomic mass is 31.0. The largest absolute Gasteiger partial charge is 0.468 e. The number of β-amino-alcohol motifs (C(OH)–C–C–N with tert-alkyl or cyclic N) is 1. The Bertz CT molecular complexity index is 1050. The Hall–Kier alpha value is -2.61. The van der Waals surface area contributed by atoms with Crippen molar-refractivity contribution in [1.29, 1.82) is 0 Å². The van der Waals surface area contributed by atoms with Gasteiger partial charge in [-0.25, -0.2) is 8.78 Å². The zero-order valence-electron chi connectivity index (χ0n) is 20.0. The standard InChI is InChI=1S/C22H26F2N3O4P.C2H6/c1-12-4-6-16(15(23)8-12)26-19-14(5-7-17(32)18(19)24)20(28)27-10-22(30,11-27)9-25-13(2)21(29)31-3;1-2/h4-8,13,25-26,30H,9-11,32H2,1-3H3;1-2H3. The van der Waals surface area contributed by atoms with Crippen LogP contribution < -0.4 is 15.9 Å². The van der Waals surface area contributed by atoms with Gasteiger partial charge in [0.15, 0.2) is 5.82 Å². The van der Waals surface area contributed by atoms with Crippen LogP contribution in [0.2, 0.25) is 0 Å². The summed E-state index contributed by atoms with van der Waals surface area (Å²) in [6.45, 7) is 7.40. The van der Waals surface area contributed by atoms with E-state index in [-0.39, 0.29) is 41.9 Å². The van der Waals surface area contributed by atoms with Crippen molar-refractivity contribution in [1.82, 2.24) is 10.2 Å². The quantitative estimate of drug-likeness (QED) is 0.404. The molecular formula is C24H32F2N3O4P. The van der Waals surface area contributed by atoms with Crippen molar-refractivity contribution >= 4 is 37.8 Å². The Kier molecular flexibility index (Phi) is 9.50. The molecule has 1 heterocycles. The van der Waals surface area contributed by atoms with Gasteiger partial charge >= 0.3 is 5.97 Å².